The average molecular weight is 297 g/mol. The van der Waals surface area contributed by atoms with Gasteiger partial charge in [0.25, 0.3) is 5.91 Å². The van der Waals surface area contributed by atoms with Gasteiger partial charge in [0.05, 0.1) is 0 Å². The summed E-state index contributed by atoms with van der Waals surface area (Å²) in [4.78, 5) is 25.0. The van der Waals surface area contributed by atoms with Crippen LogP contribution in [0.3, 0.4) is 0 Å². The van der Waals surface area contributed by atoms with E-state index in [1.807, 2.05) is 12.1 Å². The van der Waals surface area contributed by atoms with E-state index in [2.05, 4.69) is 21.2 Å². The van der Waals surface area contributed by atoms with Crippen molar-refractivity contribution in [1.29, 1.82) is 0 Å². The second-order valence-corrected chi connectivity index (χ2v) is 4.81. The molecule has 1 saturated heterocycles. The zero-order valence-corrected chi connectivity index (χ0v) is 10.9. The first-order valence-electron chi connectivity index (χ1n) is 5.48. The Hall–Kier alpha value is -1.36. The van der Waals surface area contributed by atoms with E-state index in [9.17, 15) is 9.59 Å². The van der Waals surface area contributed by atoms with E-state index in [0.717, 1.165) is 4.47 Å². The zero-order valence-electron chi connectivity index (χ0n) is 9.28. The summed E-state index contributed by atoms with van der Waals surface area (Å²) >= 11 is 3.33. The largest absolute Gasteiger partial charge is 0.354 e. The molecule has 0 bridgehead atoms. The van der Waals surface area contributed by atoms with Crippen LogP contribution in [0.25, 0.3) is 0 Å². The van der Waals surface area contributed by atoms with E-state index >= 15 is 0 Å². The van der Waals surface area contributed by atoms with Gasteiger partial charge in [-0.25, -0.2) is 0 Å². The van der Waals surface area contributed by atoms with Gasteiger partial charge in [0.1, 0.15) is 0 Å². The van der Waals surface area contributed by atoms with Crippen LogP contribution >= 0.6 is 15.9 Å². The van der Waals surface area contributed by atoms with Gasteiger partial charge in [0, 0.05) is 36.1 Å². The minimum Gasteiger partial charge on any atom is -0.354 e. The van der Waals surface area contributed by atoms with Crippen molar-refractivity contribution in [3.8, 4) is 0 Å². The van der Waals surface area contributed by atoms with Crippen molar-refractivity contribution in [3.05, 3.63) is 34.3 Å². The summed E-state index contributed by atoms with van der Waals surface area (Å²) in [5, 5.41) is 2.75. The Kier molecular flexibility index (Phi) is 3.78. The van der Waals surface area contributed by atoms with Crippen LogP contribution in [-0.4, -0.2) is 36.3 Å². The van der Waals surface area contributed by atoms with Crippen molar-refractivity contribution in [3.63, 3.8) is 0 Å². The highest BCUT2D eigenvalue weighted by molar-refractivity contribution is 9.10. The molecule has 1 N–H and O–H groups in total. The third kappa shape index (κ3) is 3.06. The van der Waals surface area contributed by atoms with Crippen LogP contribution < -0.4 is 5.32 Å². The van der Waals surface area contributed by atoms with Gasteiger partial charge < -0.3 is 10.2 Å². The molecular weight excluding hydrogens is 284 g/mol. The lowest BCUT2D eigenvalue weighted by Crippen LogP contribution is -2.34. The summed E-state index contributed by atoms with van der Waals surface area (Å²) < 4.78 is 0.946. The zero-order chi connectivity index (χ0) is 12.3. The molecule has 1 fully saturated rings. The summed E-state index contributed by atoms with van der Waals surface area (Å²) in [6.45, 7) is 1.59. The topological polar surface area (TPSA) is 49.4 Å². The predicted octanol–water partition coefficient (Wildman–Crippen LogP) is 1.41. The van der Waals surface area contributed by atoms with Crippen LogP contribution in [0.4, 0.5) is 0 Å². The molecule has 5 heteroatoms. The maximum Gasteiger partial charge on any atom is 0.253 e. The molecule has 17 heavy (non-hydrogen) atoms. The molecule has 1 aliphatic heterocycles. The number of nitrogens with one attached hydrogen (secondary N) is 1. The predicted molar refractivity (Wildman–Crippen MR) is 67.7 cm³/mol. The maximum atomic E-state index is 12.1. The smallest absolute Gasteiger partial charge is 0.253 e. The molecule has 0 radical (unpaired) electrons. The minimum absolute atomic E-state index is 0.0103. The van der Waals surface area contributed by atoms with Crippen molar-refractivity contribution >= 4 is 27.7 Å². The molecule has 2 amide bonds. The van der Waals surface area contributed by atoms with E-state index in [1.54, 1.807) is 17.0 Å². The Balaban J connectivity index is 2.08. The number of amides is 2. The molecule has 90 valence electrons. The van der Waals surface area contributed by atoms with Gasteiger partial charge in [-0.3, -0.25) is 9.59 Å². The SMILES string of the molecule is O=C1CCN(C(=O)c2ccc(Br)cc2)CCN1. The van der Waals surface area contributed by atoms with Crippen molar-refractivity contribution in [1.82, 2.24) is 10.2 Å². The first kappa shape index (κ1) is 12.1. The van der Waals surface area contributed by atoms with Gasteiger partial charge in [0.15, 0.2) is 0 Å². The highest BCUT2D eigenvalue weighted by Gasteiger charge is 2.19. The third-order valence-corrected chi connectivity index (χ3v) is 3.22. The van der Waals surface area contributed by atoms with E-state index in [0.29, 0.717) is 31.6 Å². The third-order valence-electron chi connectivity index (χ3n) is 2.69. The average Bonchev–Trinajstić information content (AvgIpc) is 2.54. The molecule has 0 saturated carbocycles. The van der Waals surface area contributed by atoms with Gasteiger partial charge in [-0.1, -0.05) is 15.9 Å². The van der Waals surface area contributed by atoms with Crippen molar-refractivity contribution in [2.75, 3.05) is 19.6 Å². The van der Waals surface area contributed by atoms with E-state index in [1.165, 1.54) is 0 Å². The Labute approximate surface area is 108 Å². The lowest BCUT2D eigenvalue weighted by atomic mass is 10.2. The number of benzene rings is 1. The first-order valence-corrected chi connectivity index (χ1v) is 6.27. The molecule has 0 unspecified atom stereocenters. The second-order valence-electron chi connectivity index (χ2n) is 3.90. The summed E-state index contributed by atoms with van der Waals surface area (Å²) in [5.41, 5.74) is 0.655. The molecule has 1 aromatic rings. The molecular formula is C12H13BrN2O2. The van der Waals surface area contributed by atoms with Gasteiger partial charge in [0.2, 0.25) is 5.91 Å². The number of hydrogen-bond donors (Lipinski definition) is 1. The highest BCUT2D eigenvalue weighted by Crippen LogP contribution is 2.12. The summed E-state index contributed by atoms with van der Waals surface area (Å²) in [5.74, 6) is -0.00916. The molecule has 0 spiro atoms. The quantitative estimate of drug-likeness (QED) is 0.852. The molecule has 4 nitrogen and oxygen atoms in total. The van der Waals surface area contributed by atoms with Crippen molar-refractivity contribution < 1.29 is 9.59 Å². The minimum atomic E-state index is -0.0194. The number of hydrogen-bond acceptors (Lipinski definition) is 2. The van der Waals surface area contributed by atoms with Crippen LogP contribution in [0.15, 0.2) is 28.7 Å². The normalized spacial score (nSPS) is 16.3. The lowest BCUT2D eigenvalue weighted by Gasteiger charge is -2.19. The molecule has 2 rings (SSSR count). The van der Waals surface area contributed by atoms with E-state index in [-0.39, 0.29) is 11.8 Å². The summed E-state index contributed by atoms with van der Waals surface area (Å²) in [6.07, 6.45) is 0.377. The van der Waals surface area contributed by atoms with Crippen LogP contribution in [0, 0.1) is 0 Å². The summed E-state index contributed by atoms with van der Waals surface area (Å²) in [7, 11) is 0. The van der Waals surface area contributed by atoms with E-state index < -0.39 is 0 Å². The molecule has 0 aromatic heterocycles. The molecule has 1 heterocycles. The van der Waals surface area contributed by atoms with Gasteiger partial charge in [-0.15, -0.1) is 0 Å². The molecule has 1 aliphatic rings. The molecule has 1 aromatic carbocycles. The lowest BCUT2D eigenvalue weighted by molar-refractivity contribution is -0.120. The number of nitrogens with zero attached hydrogens (tertiary/aromatic N) is 1. The maximum absolute atomic E-state index is 12.1. The van der Waals surface area contributed by atoms with Gasteiger partial charge in [-0.2, -0.15) is 0 Å². The fourth-order valence-electron chi connectivity index (χ4n) is 1.75. The molecule has 0 atom stereocenters. The second kappa shape index (κ2) is 5.31. The number of carbonyl (C=O) groups excluding carboxylic acids is 2. The fourth-order valence-corrected chi connectivity index (χ4v) is 2.01. The first-order chi connectivity index (χ1) is 8.16. The Morgan fingerprint density at radius 1 is 1.24 bits per heavy atom. The Morgan fingerprint density at radius 2 is 1.94 bits per heavy atom. The van der Waals surface area contributed by atoms with Crippen molar-refractivity contribution in [2.24, 2.45) is 0 Å². The van der Waals surface area contributed by atoms with Crippen LogP contribution in [0.5, 0.6) is 0 Å². The Morgan fingerprint density at radius 3 is 2.65 bits per heavy atom. The Bertz CT molecular complexity index is 431. The van der Waals surface area contributed by atoms with Crippen molar-refractivity contribution in [2.45, 2.75) is 6.42 Å². The van der Waals surface area contributed by atoms with Crippen LogP contribution in [0.2, 0.25) is 0 Å². The standard InChI is InChI=1S/C12H13BrN2O2/c13-10-3-1-9(2-4-10)12(17)15-7-5-11(16)14-6-8-15/h1-4H,5-8H2,(H,14,16). The van der Waals surface area contributed by atoms with Crippen LogP contribution in [-0.2, 0) is 4.79 Å². The number of carbonyl (C=O) groups is 2. The van der Waals surface area contributed by atoms with Gasteiger partial charge in [-0.05, 0) is 24.3 Å². The number of halogens is 1. The summed E-state index contributed by atoms with van der Waals surface area (Å²) in [6, 6.07) is 7.25. The number of rotatable bonds is 1. The molecule has 0 aliphatic carbocycles. The van der Waals surface area contributed by atoms with E-state index in [4.69, 9.17) is 0 Å². The highest BCUT2D eigenvalue weighted by atomic mass is 79.9. The van der Waals surface area contributed by atoms with Gasteiger partial charge >= 0.3 is 0 Å². The van der Waals surface area contributed by atoms with Crippen LogP contribution in [0.1, 0.15) is 16.8 Å². The monoisotopic (exact) mass is 296 g/mol. The fraction of sp³-hybridized carbons (Fsp3) is 0.333.